The standard InChI is InChI=1S/C10H17NO2/c1-7(12)4-8-5-10(2,3)6-9(13)11-8/h8H,4-6H2,1-3H3,(H,11,13). The molecule has 0 bridgehead atoms. The number of hydrogen-bond donors (Lipinski definition) is 1. The van der Waals surface area contributed by atoms with Crippen LogP contribution in [-0.2, 0) is 9.59 Å². The summed E-state index contributed by atoms with van der Waals surface area (Å²) in [4.78, 5) is 22.1. The zero-order valence-corrected chi connectivity index (χ0v) is 8.52. The highest BCUT2D eigenvalue weighted by molar-refractivity contribution is 5.80. The monoisotopic (exact) mass is 183 g/mol. The highest BCUT2D eigenvalue weighted by Gasteiger charge is 2.32. The molecule has 0 aliphatic carbocycles. The van der Waals surface area contributed by atoms with E-state index in [9.17, 15) is 9.59 Å². The van der Waals surface area contributed by atoms with Gasteiger partial charge in [0.15, 0.2) is 0 Å². The number of piperidine rings is 1. The van der Waals surface area contributed by atoms with Gasteiger partial charge >= 0.3 is 0 Å². The van der Waals surface area contributed by atoms with Crippen LogP contribution in [0, 0.1) is 5.41 Å². The van der Waals surface area contributed by atoms with Crippen LogP contribution < -0.4 is 5.32 Å². The normalized spacial score (nSPS) is 26.7. The molecule has 0 radical (unpaired) electrons. The van der Waals surface area contributed by atoms with Gasteiger partial charge in [-0.2, -0.15) is 0 Å². The van der Waals surface area contributed by atoms with Gasteiger partial charge in [0.2, 0.25) is 5.91 Å². The Bertz CT molecular complexity index is 231. The molecule has 1 saturated heterocycles. The third kappa shape index (κ3) is 3.17. The summed E-state index contributed by atoms with van der Waals surface area (Å²) in [6, 6.07) is 0.0498. The predicted molar refractivity (Wildman–Crippen MR) is 50.2 cm³/mol. The van der Waals surface area contributed by atoms with Crippen molar-refractivity contribution in [3.05, 3.63) is 0 Å². The fourth-order valence-electron chi connectivity index (χ4n) is 1.97. The number of rotatable bonds is 2. The third-order valence-corrected chi connectivity index (χ3v) is 2.34. The van der Waals surface area contributed by atoms with Gasteiger partial charge < -0.3 is 5.32 Å². The van der Waals surface area contributed by atoms with E-state index in [0.29, 0.717) is 12.8 Å². The number of nitrogens with one attached hydrogen (secondary N) is 1. The molecule has 0 aromatic rings. The minimum Gasteiger partial charge on any atom is -0.353 e. The number of Topliss-reactive ketones (excluding diaryl/α,β-unsaturated/α-hetero) is 1. The lowest BCUT2D eigenvalue weighted by Gasteiger charge is -2.34. The topological polar surface area (TPSA) is 46.2 Å². The molecule has 0 aromatic carbocycles. The van der Waals surface area contributed by atoms with Crippen molar-refractivity contribution in [3.63, 3.8) is 0 Å². The highest BCUT2D eigenvalue weighted by atomic mass is 16.2. The Morgan fingerprint density at radius 2 is 2.23 bits per heavy atom. The molecule has 1 atom stereocenters. The van der Waals surface area contributed by atoms with E-state index >= 15 is 0 Å². The van der Waals surface area contributed by atoms with Crippen LogP contribution >= 0.6 is 0 Å². The summed E-state index contributed by atoms with van der Waals surface area (Å²) in [6.07, 6.45) is 1.94. The summed E-state index contributed by atoms with van der Waals surface area (Å²) in [5.41, 5.74) is 0.0441. The summed E-state index contributed by atoms with van der Waals surface area (Å²) in [5, 5.41) is 2.84. The van der Waals surface area contributed by atoms with Crippen LogP contribution in [0.5, 0.6) is 0 Å². The van der Waals surface area contributed by atoms with Crippen molar-refractivity contribution in [2.45, 2.75) is 46.1 Å². The van der Waals surface area contributed by atoms with Crippen molar-refractivity contribution >= 4 is 11.7 Å². The minimum atomic E-state index is 0.0441. The SMILES string of the molecule is CC(=O)CC1CC(C)(C)CC(=O)N1. The maximum Gasteiger partial charge on any atom is 0.220 e. The first-order chi connectivity index (χ1) is 5.89. The molecule has 0 spiro atoms. The summed E-state index contributed by atoms with van der Waals surface area (Å²) in [7, 11) is 0. The molecule has 0 saturated carbocycles. The number of hydrogen-bond acceptors (Lipinski definition) is 2. The molecule has 1 fully saturated rings. The first-order valence-corrected chi connectivity index (χ1v) is 4.68. The maximum absolute atomic E-state index is 11.2. The fraction of sp³-hybridized carbons (Fsp3) is 0.800. The molecular formula is C10H17NO2. The van der Waals surface area contributed by atoms with E-state index in [2.05, 4.69) is 19.2 Å². The summed E-state index contributed by atoms with van der Waals surface area (Å²) in [5.74, 6) is 0.213. The molecule has 0 aromatic heterocycles. The zero-order valence-electron chi connectivity index (χ0n) is 8.52. The Labute approximate surface area is 78.9 Å². The van der Waals surface area contributed by atoms with Crippen molar-refractivity contribution in [1.29, 1.82) is 0 Å². The van der Waals surface area contributed by atoms with Gasteiger partial charge in [0, 0.05) is 18.9 Å². The third-order valence-electron chi connectivity index (χ3n) is 2.34. The quantitative estimate of drug-likeness (QED) is 0.700. The minimum absolute atomic E-state index is 0.0441. The van der Waals surface area contributed by atoms with Crippen LogP contribution in [0.1, 0.15) is 40.0 Å². The van der Waals surface area contributed by atoms with E-state index < -0.39 is 0 Å². The van der Waals surface area contributed by atoms with Crippen LogP contribution in [0.25, 0.3) is 0 Å². The molecule has 1 aliphatic rings. The van der Waals surface area contributed by atoms with Crippen molar-refractivity contribution < 1.29 is 9.59 Å². The van der Waals surface area contributed by atoms with Gasteiger partial charge in [0.05, 0.1) is 0 Å². The summed E-state index contributed by atoms with van der Waals surface area (Å²) in [6.45, 7) is 5.70. The summed E-state index contributed by atoms with van der Waals surface area (Å²) < 4.78 is 0. The lowest BCUT2D eigenvalue weighted by atomic mass is 9.78. The second-order valence-corrected chi connectivity index (χ2v) is 4.72. The average Bonchev–Trinajstić information content (AvgIpc) is 1.78. The lowest BCUT2D eigenvalue weighted by Crippen LogP contribution is -2.46. The van der Waals surface area contributed by atoms with Gasteiger partial charge in [-0.15, -0.1) is 0 Å². The van der Waals surface area contributed by atoms with Gasteiger partial charge in [-0.25, -0.2) is 0 Å². The van der Waals surface area contributed by atoms with Gasteiger partial charge in [0.25, 0.3) is 0 Å². The molecule has 1 heterocycles. The molecule has 13 heavy (non-hydrogen) atoms. The van der Waals surface area contributed by atoms with Crippen molar-refractivity contribution in [1.82, 2.24) is 5.32 Å². The second-order valence-electron chi connectivity index (χ2n) is 4.72. The fourth-order valence-corrected chi connectivity index (χ4v) is 1.97. The lowest BCUT2D eigenvalue weighted by molar-refractivity contribution is -0.127. The van der Waals surface area contributed by atoms with Crippen LogP contribution in [0.15, 0.2) is 0 Å². The molecule has 74 valence electrons. The van der Waals surface area contributed by atoms with Crippen LogP contribution in [-0.4, -0.2) is 17.7 Å². The Morgan fingerprint density at radius 3 is 2.69 bits per heavy atom. The van der Waals surface area contributed by atoms with Gasteiger partial charge in [-0.3, -0.25) is 9.59 Å². The summed E-state index contributed by atoms with van der Waals surface area (Å²) >= 11 is 0. The Morgan fingerprint density at radius 1 is 1.62 bits per heavy atom. The van der Waals surface area contributed by atoms with Crippen LogP contribution in [0.2, 0.25) is 0 Å². The number of amides is 1. The molecular weight excluding hydrogens is 166 g/mol. The van der Waals surface area contributed by atoms with Crippen molar-refractivity contribution in [2.24, 2.45) is 5.41 Å². The first-order valence-electron chi connectivity index (χ1n) is 4.68. The zero-order chi connectivity index (χ0) is 10.1. The molecule has 1 aliphatic heterocycles. The maximum atomic E-state index is 11.2. The Balaban J connectivity index is 2.57. The van der Waals surface area contributed by atoms with Crippen molar-refractivity contribution in [2.75, 3.05) is 0 Å². The van der Waals surface area contributed by atoms with E-state index in [1.807, 2.05) is 0 Å². The Kier molecular flexibility index (Phi) is 2.74. The average molecular weight is 183 g/mol. The Hall–Kier alpha value is -0.860. The second kappa shape index (κ2) is 3.48. The first kappa shape index (κ1) is 10.2. The molecule has 1 amide bonds. The highest BCUT2D eigenvalue weighted by Crippen LogP contribution is 2.31. The van der Waals surface area contributed by atoms with Gasteiger partial charge in [-0.1, -0.05) is 13.8 Å². The van der Waals surface area contributed by atoms with E-state index in [1.165, 1.54) is 0 Å². The predicted octanol–water partition coefficient (Wildman–Crippen LogP) is 1.27. The van der Waals surface area contributed by atoms with Crippen LogP contribution in [0.4, 0.5) is 0 Å². The van der Waals surface area contributed by atoms with E-state index in [1.54, 1.807) is 6.92 Å². The molecule has 3 heteroatoms. The molecule has 1 N–H and O–H groups in total. The molecule has 1 rings (SSSR count). The smallest absolute Gasteiger partial charge is 0.220 e. The van der Waals surface area contributed by atoms with E-state index in [-0.39, 0.29) is 23.1 Å². The largest absolute Gasteiger partial charge is 0.353 e. The number of carbonyl (C=O) groups excluding carboxylic acids is 2. The number of carbonyl (C=O) groups is 2. The van der Waals surface area contributed by atoms with Gasteiger partial charge in [0.1, 0.15) is 5.78 Å². The van der Waals surface area contributed by atoms with Crippen LogP contribution in [0.3, 0.4) is 0 Å². The number of ketones is 1. The van der Waals surface area contributed by atoms with Crippen molar-refractivity contribution in [3.8, 4) is 0 Å². The van der Waals surface area contributed by atoms with E-state index in [4.69, 9.17) is 0 Å². The molecule has 3 nitrogen and oxygen atoms in total. The van der Waals surface area contributed by atoms with E-state index in [0.717, 1.165) is 6.42 Å². The molecule has 1 unspecified atom stereocenters. The van der Waals surface area contributed by atoms with Gasteiger partial charge in [-0.05, 0) is 18.8 Å².